The van der Waals surface area contributed by atoms with Crippen LogP contribution in [0.3, 0.4) is 0 Å². The number of hydrogen-bond acceptors (Lipinski definition) is 9. The second-order valence-corrected chi connectivity index (χ2v) is 11.8. The van der Waals surface area contributed by atoms with Crippen LogP contribution in [0.5, 0.6) is 0 Å². The average Bonchev–Trinajstić information content (AvgIpc) is 3.37. The number of H-pyrrole nitrogens is 2. The summed E-state index contributed by atoms with van der Waals surface area (Å²) in [4.78, 5) is 46.0. The third-order valence-corrected chi connectivity index (χ3v) is 9.42. The van der Waals surface area contributed by atoms with Crippen molar-refractivity contribution in [3.8, 4) is 46.0 Å². The molecule has 1 spiro atoms. The van der Waals surface area contributed by atoms with Crippen molar-refractivity contribution < 1.29 is 22.4 Å². The lowest BCUT2D eigenvalue weighted by Gasteiger charge is -2.41. The number of thiazole rings is 1. The Labute approximate surface area is 271 Å². The van der Waals surface area contributed by atoms with Crippen LogP contribution in [-0.2, 0) is 6.18 Å². The average molecular weight is 673 g/mol. The first-order valence-electron chi connectivity index (χ1n) is 14.9. The van der Waals surface area contributed by atoms with Gasteiger partial charge in [0.05, 0.1) is 5.56 Å². The molecule has 3 atom stereocenters. The Morgan fingerprint density at radius 3 is 2.47 bits per heavy atom. The third-order valence-electron chi connectivity index (χ3n) is 8.54. The lowest BCUT2D eigenvalue weighted by molar-refractivity contribution is -0.140. The van der Waals surface area contributed by atoms with E-state index in [4.69, 9.17) is 4.42 Å². The van der Waals surface area contributed by atoms with E-state index in [9.17, 15) is 27.6 Å². The normalized spacial score (nSPS) is 20.2. The highest BCUT2D eigenvalue weighted by Crippen LogP contribution is 2.73. The van der Waals surface area contributed by atoms with Gasteiger partial charge in [-0.2, -0.15) is 13.2 Å². The van der Waals surface area contributed by atoms with Gasteiger partial charge in [-0.3, -0.25) is 10.1 Å². The molecule has 3 aliphatic carbocycles. The van der Waals surface area contributed by atoms with E-state index < -0.39 is 29.2 Å². The SMILES string of the molecule is C#C.C1CC2CC23CC[C@H]3C1.CCNC(=O)Nc1cc(-c2nc(C(F)(F)F)cs2)c(-c2cc(-c3n[nH]c(=O)o3)c[nH]c2=O)cn1.CN. The molecule has 6 N–H and O–H groups in total. The molecule has 0 bridgehead atoms. The number of nitrogens with two attached hydrogens (primary N) is 1. The standard InChI is InChI=1S/C19H14F3N7O4S.C9H14.C2H2.CH5N/c1-2-23-17(31)27-13-4-10(16-26-12(7-34-16)19(20,21)22)11(6-24-13)9-3-8(5-25-14(9)30)15-28-29-18(32)33-15;1-2-7-4-5-9(7)6-8(9)3-1;2*1-2/h3-7H,2H2,1H3,(H,25,30)(H,29,32)(H2,23,24,27,31);7-8H,1-6H2;1-2H;2H2,1H3/t;7-,8?,9?;;/m.1../s1. The topological polar surface area (TPSA) is 185 Å². The molecule has 7 rings (SSSR count). The Bertz CT molecular complexity index is 1830. The van der Waals surface area contributed by atoms with E-state index in [0.29, 0.717) is 17.9 Å². The van der Waals surface area contributed by atoms with E-state index in [1.54, 1.807) is 45.4 Å². The number of nitrogens with one attached hydrogen (secondary N) is 4. The molecule has 2 amide bonds. The van der Waals surface area contributed by atoms with Crippen LogP contribution in [-0.4, -0.2) is 44.8 Å². The van der Waals surface area contributed by atoms with Gasteiger partial charge in [0.15, 0.2) is 5.69 Å². The van der Waals surface area contributed by atoms with Crippen molar-refractivity contribution >= 4 is 23.2 Å². The minimum atomic E-state index is -4.67. The summed E-state index contributed by atoms with van der Waals surface area (Å²) in [7, 11) is 1.50. The number of nitrogens with zero attached hydrogens (tertiary/aromatic N) is 3. The van der Waals surface area contributed by atoms with Crippen LogP contribution in [0.15, 0.2) is 43.9 Å². The fraction of sp³-hybridized carbons (Fsp3) is 0.419. The second-order valence-electron chi connectivity index (χ2n) is 11.0. The van der Waals surface area contributed by atoms with Crippen molar-refractivity contribution in [2.45, 2.75) is 51.6 Å². The molecule has 3 aliphatic rings. The Balaban J connectivity index is 0.000000318. The molecule has 0 aliphatic heterocycles. The Hall–Kier alpha value is -4.75. The monoisotopic (exact) mass is 672 g/mol. The van der Waals surface area contributed by atoms with Crippen LogP contribution < -0.4 is 27.7 Å². The molecule has 12 nitrogen and oxygen atoms in total. The predicted octanol–water partition coefficient (Wildman–Crippen LogP) is 5.47. The molecule has 4 heterocycles. The number of alkyl halides is 3. The summed E-state index contributed by atoms with van der Waals surface area (Å²) >= 11 is 0.709. The number of aromatic nitrogens is 5. The highest BCUT2D eigenvalue weighted by Gasteiger charge is 2.64. The largest absolute Gasteiger partial charge is 0.434 e. The lowest BCUT2D eigenvalue weighted by Crippen LogP contribution is -2.31. The highest BCUT2D eigenvalue weighted by atomic mass is 32.1. The number of terminal acetylenes is 1. The maximum atomic E-state index is 13.1. The van der Waals surface area contributed by atoms with Crippen molar-refractivity contribution in [2.24, 2.45) is 23.0 Å². The molecule has 0 radical (unpaired) electrons. The van der Waals surface area contributed by atoms with Crippen molar-refractivity contribution in [1.82, 2.24) is 30.5 Å². The maximum absolute atomic E-state index is 13.1. The Kier molecular flexibility index (Phi) is 11.0. The number of pyridine rings is 2. The zero-order chi connectivity index (χ0) is 34.4. The number of aromatic amines is 2. The molecule has 2 unspecified atom stereocenters. The van der Waals surface area contributed by atoms with Crippen molar-refractivity contribution in [3.05, 3.63) is 56.5 Å². The molecule has 0 saturated heterocycles. The van der Waals surface area contributed by atoms with E-state index in [0.717, 1.165) is 10.8 Å². The summed E-state index contributed by atoms with van der Waals surface area (Å²) in [5, 5.41) is 11.5. The van der Waals surface area contributed by atoms with E-state index in [2.05, 4.69) is 54.4 Å². The van der Waals surface area contributed by atoms with Crippen LogP contribution in [0.4, 0.5) is 23.8 Å². The number of rotatable bonds is 5. The van der Waals surface area contributed by atoms with Gasteiger partial charge < -0.3 is 20.5 Å². The predicted molar refractivity (Wildman–Crippen MR) is 172 cm³/mol. The molecular weight excluding hydrogens is 637 g/mol. The van der Waals surface area contributed by atoms with E-state index >= 15 is 0 Å². The van der Waals surface area contributed by atoms with Gasteiger partial charge in [0.2, 0.25) is 0 Å². The second kappa shape index (κ2) is 14.8. The molecular formula is C31H35F3N8O4S. The van der Waals surface area contributed by atoms with Crippen LogP contribution in [0.25, 0.3) is 33.2 Å². The van der Waals surface area contributed by atoms with Crippen LogP contribution in [0, 0.1) is 30.1 Å². The summed E-state index contributed by atoms with van der Waals surface area (Å²) in [5.74, 6) is 1.52. The zero-order valence-corrected chi connectivity index (χ0v) is 26.6. The Morgan fingerprint density at radius 2 is 1.89 bits per heavy atom. The third kappa shape index (κ3) is 7.63. The van der Waals surface area contributed by atoms with E-state index in [1.165, 1.54) is 43.4 Å². The molecule has 0 aromatic carbocycles. The first-order valence-corrected chi connectivity index (χ1v) is 15.7. The minimum absolute atomic E-state index is 0.000956. The molecule has 4 aromatic heterocycles. The highest BCUT2D eigenvalue weighted by molar-refractivity contribution is 7.13. The summed E-state index contributed by atoms with van der Waals surface area (Å²) < 4.78 is 44.3. The number of halogens is 3. The molecule has 3 fully saturated rings. The minimum Gasteiger partial charge on any atom is -0.388 e. The van der Waals surface area contributed by atoms with Crippen LogP contribution in [0.2, 0.25) is 0 Å². The van der Waals surface area contributed by atoms with Crippen LogP contribution >= 0.6 is 11.3 Å². The zero-order valence-electron chi connectivity index (χ0n) is 25.7. The smallest absolute Gasteiger partial charge is 0.388 e. The number of anilines is 1. The van der Waals surface area contributed by atoms with Crippen molar-refractivity contribution in [2.75, 3.05) is 18.9 Å². The van der Waals surface area contributed by atoms with E-state index in [1.807, 2.05) is 0 Å². The van der Waals surface area contributed by atoms with Gasteiger partial charge in [-0.1, -0.05) is 6.42 Å². The number of amides is 2. The molecule has 250 valence electrons. The number of carbonyl (C=O) groups is 1. The summed E-state index contributed by atoms with van der Waals surface area (Å²) in [6, 6.07) is 2.08. The Morgan fingerprint density at radius 1 is 1.15 bits per heavy atom. The molecule has 16 heteroatoms. The number of hydrogen-bond donors (Lipinski definition) is 5. The first kappa shape index (κ1) is 35.1. The molecule has 3 saturated carbocycles. The van der Waals surface area contributed by atoms with Gasteiger partial charge >= 0.3 is 18.0 Å². The van der Waals surface area contributed by atoms with Gasteiger partial charge in [0.25, 0.3) is 11.4 Å². The summed E-state index contributed by atoms with van der Waals surface area (Å²) in [6.45, 7) is 2.04. The van der Waals surface area contributed by atoms with Gasteiger partial charge in [-0.05, 0) is 75.5 Å². The maximum Gasteiger partial charge on any atom is 0.434 e. The van der Waals surface area contributed by atoms with Gasteiger partial charge in [-0.15, -0.1) is 29.3 Å². The van der Waals surface area contributed by atoms with Gasteiger partial charge in [0.1, 0.15) is 10.8 Å². The quantitative estimate of drug-likeness (QED) is 0.173. The lowest BCUT2D eigenvalue weighted by atomic mass is 9.64. The number of urea groups is 1. The first-order chi connectivity index (χ1) is 22.6. The van der Waals surface area contributed by atoms with Gasteiger partial charge in [0, 0.05) is 41.0 Å². The summed E-state index contributed by atoms with van der Waals surface area (Å²) in [6.07, 6.45) is 15.3. The van der Waals surface area contributed by atoms with Crippen LogP contribution in [0.1, 0.15) is 51.1 Å². The number of carbonyl (C=O) groups excluding carboxylic acids is 1. The molecule has 47 heavy (non-hydrogen) atoms. The molecule has 4 aromatic rings. The van der Waals surface area contributed by atoms with Gasteiger partial charge in [-0.25, -0.2) is 24.7 Å². The van der Waals surface area contributed by atoms with Crippen molar-refractivity contribution in [1.29, 1.82) is 0 Å². The fourth-order valence-corrected chi connectivity index (χ4v) is 7.14. The summed E-state index contributed by atoms with van der Waals surface area (Å²) in [5.41, 5.74) is 4.26. The van der Waals surface area contributed by atoms with Crippen molar-refractivity contribution in [3.63, 3.8) is 0 Å². The fourth-order valence-electron chi connectivity index (χ4n) is 6.28. The van der Waals surface area contributed by atoms with E-state index in [-0.39, 0.29) is 39.0 Å².